The van der Waals surface area contributed by atoms with Crippen molar-refractivity contribution in [1.29, 1.82) is 0 Å². The summed E-state index contributed by atoms with van der Waals surface area (Å²) in [7, 11) is 3.82. The standard InChI is InChI=1S/C9H17N2O3P/c1-8-6-7-13-9(8)14-15(12,10(2)3)11(4)5/h6-7H,1-5H3. The van der Waals surface area contributed by atoms with Gasteiger partial charge < -0.3 is 8.94 Å². The van der Waals surface area contributed by atoms with Gasteiger partial charge in [0.2, 0.25) is 0 Å². The van der Waals surface area contributed by atoms with Crippen LogP contribution in [0.2, 0.25) is 0 Å². The first-order valence-corrected chi connectivity index (χ1v) is 6.10. The van der Waals surface area contributed by atoms with Crippen molar-refractivity contribution in [2.75, 3.05) is 28.2 Å². The zero-order valence-corrected chi connectivity index (χ0v) is 10.6. The van der Waals surface area contributed by atoms with E-state index in [1.54, 1.807) is 43.6 Å². The molecular formula is C9H17N2O3P. The highest BCUT2D eigenvalue weighted by atomic mass is 31.2. The number of hydrogen-bond donors (Lipinski definition) is 0. The van der Waals surface area contributed by atoms with Crippen LogP contribution in [0.4, 0.5) is 0 Å². The van der Waals surface area contributed by atoms with Crippen molar-refractivity contribution < 1.29 is 13.5 Å². The topological polar surface area (TPSA) is 45.9 Å². The Hall–Kier alpha value is -0.770. The van der Waals surface area contributed by atoms with Gasteiger partial charge in [0.05, 0.1) is 6.26 Å². The van der Waals surface area contributed by atoms with Crippen LogP contribution in [0.25, 0.3) is 0 Å². The third-order valence-electron chi connectivity index (χ3n) is 2.03. The largest absolute Gasteiger partial charge is 0.434 e. The normalized spacial score (nSPS) is 12.5. The minimum absolute atomic E-state index is 0.306. The zero-order valence-electron chi connectivity index (χ0n) is 9.72. The second-order valence-electron chi connectivity index (χ2n) is 3.67. The predicted molar refractivity (Wildman–Crippen MR) is 59.1 cm³/mol. The molecule has 1 heterocycles. The Balaban J connectivity index is 2.96. The van der Waals surface area contributed by atoms with Crippen LogP contribution in [0.5, 0.6) is 5.95 Å². The average molecular weight is 232 g/mol. The Morgan fingerprint density at radius 1 is 1.27 bits per heavy atom. The van der Waals surface area contributed by atoms with Crippen LogP contribution in [-0.4, -0.2) is 37.5 Å². The zero-order chi connectivity index (χ0) is 11.6. The minimum atomic E-state index is -3.01. The van der Waals surface area contributed by atoms with E-state index in [4.69, 9.17) is 8.94 Å². The van der Waals surface area contributed by atoms with Gasteiger partial charge in [-0.15, -0.1) is 0 Å². The molecule has 0 saturated heterocycles. The highest BCUT2D eigenvalue weighted by Crippen LogP contribution is 2.51. The van der Waals surface area contributed by atoms with E-state index in [0.29, 0.717) is 5.95 Å². The fourth-order valence-corrected chi connectivity index (χ4v) is 2.53. The van der Waals surface area contributed by atoms with Crippen LogP contribution in [-0.2, 0) is 4.57 Å². The van der Waals surface area contributed by atoms with Crippen LogP contribution in [0.1, 0.15) is 5.56 Å². The predicted octanol–water partition coefficient (Wildman–Crippen LogP) is 2.20. The molecule has 0 fully saturated rings. The maximum atomic E-state index is 12.4. The molecule has 1 rings (SSSR count). The van der Waals surface area contributed by atoms with Gasteiger partial charge in [-0.25, -0.2) is 13.9 Å². The molecule has 0 aliphatic carbocycles. The molecule has 86 valence electrons. The van der Waals surface area contributed by atoms with Crippen LogP contribution in [0, 0.1) is 6.92 Å². The van der Waals surface area contributed by atoms with Crippen LogP contribution in [0.3, 0.4) is 0 Å². The molecule has 0 saturated carbocycles. The number of rotatable bonds is 4. The lowest BCUT2D eigenvalue weighted by molar-refractivity contribution is 0.308. The van der Waals surface area contributed by atoms with Gasteiger partial charge in [-0.05, 0) is 41.2 Å². The molecule has 5 nitrogen and oxygen atoms in total. The van der Waals surface area contributed by atoms with Gasteiger partial charge >= 0.3 is 7.67 Å². The smallest absolute Gasteiger partial charge is 0.396 e. The first-order valence-electron chi connectivity index (χ1n) is 4.57. The van der Waals surface area contributed by atoms with Gasteiger partial charge in [0, 0.05) is 5.56 Å². The van der Waals surface area contributed by atoms with E-state index < -0.39 is 7.67 Å². The number of aryl methyl sites for hydroxylation is 1. The van der Waals surface area contributed by atoms with Crippen molar-refractivity contribution in [2.24, 2.45) is 0 Å². The van der Waals surface area contributed by atoms with Crippen LogP contribution >= 0.6 is 7.67 Å². The molecule has 0 N–H and O–H groups in total. The van der Waals surface area contributed by atoms with Crippen molar-refractivity contribution in [3.05, 3.63) is 17.9 Å². The van der Waals surface area contributed by atoms with Crippen molar-refractivity contribution in [2.45, 2.75) is 6.92 Å². The van der Waals surface area contributed by atoms with Gasteiger partial charge in [-0.2, -0.15) is 0 Å². The van der Waals surface area contributed by atoms with E-state index in [9.17, 15) is 4.57 Å². The van der Waals surface area contributed by atoms with E-state index in [1.165, 1.54) is 6.26 Å². The summed E-state index contributed by atoms with van der Waals surface area (Å²) in [6, 6.07) is 1.77. The Kier molecular flexibility index (Phi) is 3.60. The highest BCUT2D eigenvalue weighted by molar-refractivity contribution is 7.54. The second-order valence-corrected chi connectivity index (χ2v) is 6.43. The van der Waals surface area contributed by atoms with Crippen molar-refractivity contribution in [1.82, 2.24) is 9.34 Å². The Morgan fingerprint density at radius 3 is 2.13 bits per heavy atom. The van der Waals surface area contributed by atoms with E-state index in [2.05, 4.69) is 0 Å². The summed E-state index contributed by atoms with van der Waals surface area (Å²) >= 11 is 0. The summed E-state index contributed by atoms with van der Waals surface area (Å²) < 4.78 is 26.1. The molecule has 0 aromatic carbocycles. The Morgan fingerprint density at radius 2 is 1.80 bits per heavy atom. The first kappa shape index (κ1) is 12.3. The molecule has 0 unspecified atom stereocenters. The summed E-state index contributed by atoms with van der Waals surface area (Å²) in [5, 5.41) is 0. The number of nitrogens with zero attached hydrogens (tertiary/aromatic N) is 2. The molecular weight excluding hydrogens is 215 g/mol. The monoisotopic (exact) mass is 232 g/mol. The molecule has 15 heavy (non-hydrogen) atoms. The molecule has 0 aliphatic rings. The minimum Gasteiger partial charge on any atom is -0.434 e. The van der Waals surface area contributed by atoms with E-state index in [0.717, 1.165) is 5.56 Å². The fraction of sp³-hybridized carbons (Fsp3) is 0.556. The summed E-state index contributed by atoms with van der Waals surface area (Å²) in [4.78, 5) is 0. The molecule has 0 amide bonds. The van der Waals surface area contributed by atoms with Crippen molar-refractivity contribution in [3.63, 3.8) is 0 Å². The van der Waals surface area contributed by atoms with E-state index >= 15 is 0 Å². The molecule has 0 atom stereocenters. The molecule has 0 radical (unpaired) electrons. The number of furan rings is 1. The van der Waals surface area contributed by atoms with Crippen LogP contribution < -0.4 is 4.52 Å². The quantitative estimate of drug-likeness (QED) is 0.745. The molecule has 6 heteroatoms. The van der Waals surface area contributed by atoms with Gasteiger partial charge in [0.1, 0.15) is 0 Å². The Bertz CT molecular complexity index is 361. The van der Waals surface area contributed by atoms with Gasteiger partial charge in [0.25, 0.3) is 5.95 Å². The summed E-state index contributed by atoms with van der Waals surface area (Å²) in [5.74, 6) is 0.306. The fourth-order valence-electron chi connectivity index (χ4n) is 1.08. The van der Waals surface area contributed by atoms with E-state index in [-0.39, 0.29) is 0 Å². The molecule has 0 spiro atoms. The van der Waals surface area contributed by atoms with Gasteiger partial charge in [-0.3, -0.25) is 0 Å². The summed E-state index contributed by atoms with van der Waals surface area (Å²) in [6.07, 6.45) is 1.51. The van der Waals surface area contributed by atoms with Crippen molar-refractivity contribution >= 4 is 7.67 Å². The summed E-state index contributed by atoms with van der Waals surface area (Å²) in [5.41, 5.74) is 0.832. The van der Waals surface area contributed by atoms with E-state index in [1.807, 2.05) is 6.92 Å². The maximum absolute atomic E-state index is 12.4. The lowest BCUT2D eigenvalue weighted by Gasteiger charge is -2.28. The third kappa shape index (κ3) is 2.43. The molecule has 0 aliphatic heterocycles. The third-order valence-corrected chi connectivity index (χ3v) is 4.45. The second kappa shape index (κ2) is 4.39. The lowest BCUT2D eigenvalue weighted by Crippen LogP contribution is -2.24. The lowest BCUT2D eigenvalue weighted by atomic mass is 10.4. The first-order chi connectivity index (χ1) is 6.88. The molecule has 1 aromatic rings. The highest BCUT2D eigenvalue weighted by Gasteiger charge is 2.32. The van der Waals surface area contributed by atoms with Gasteiger partial charge in [0.15, 0.2) is 0 Å². The number of hydrogen-bond acceptors (Lipinski definition) is 3. The average Bonchev–Trinajstić information content (AvgIpc) is 2.51. The SMILES string of the molecule is Cc1ccoc1OP(=O)(N(C)C)N(C)C. The summed E-state index contributed by atoms with van der Waals surface area (Å²) in [6.45, 7) is 1.84. The molecule has 0 bridgehead atoms. The van der Waals surface area contributed by atoms with Crippen LogP contribution in [0.15, 0.2) is 16.7 Å². The Labute approximate surface area is 90.2 Å². The maximum Gasteiger partial charge on any atom is 0.396 e. The van der Waals surface area contributed by atoms with Crippen molar-refractivity contribution in [3.8, 4) is 5.95 Å². The van der Waals surface area contributed by atoms with Gasteiger partial charge in [-0.1, -0.05) is 0 Å². The molecule has 1 aromatic heterocycles.